The van der Waals surface area contributed by atoms with Gasteiger partial charge in [-0.2, -0.15) is 5.26 Å². The van der Waals surface area contributed by atoms with Crippen molar-refractivity contribution in [2.75, 3.05) is 37.7 Å². The van der Waals surface area contributed by atoms with E-state index >= 15 is 0 Å². The van der Waals surface area contributed by atoms with Gasteiger partial charge in [0.2, 0.25) is 5.91 Å². The van der Waals surface area contributed by atoms with E-state index in [0.29, 0.717) is 32.7 Å². The zero-order chi connectivity index (χ0) is 22.5. The molecule has 0 radical (unpaired) electrons. The fourth-order valence-corrected chi connectivity index (χ4v) is 4.71. The number of nitrogens with zero attached hydrogens (tertiary/aromatic N) is 3. The Morgan fingerprint density at radius 2 is 1.84 bits per heavy atom. The first-order valence-corrected chi connectivity index (χ1v) is 11.4. The van der Waals surface area contributed by atoms with Gasteiger partial charge in [-0.1, -0.05) is 12.1 Å². The van der Waals surface area contributed by atoms with Crippen molar-refractivity contribution in [3.8, 4) is 17.6 Å². The van der Waals surface area contributed by atoms with Crippen molar-refractivity contribution in [1.29, 1.82) is 5.26 Å². The number of likely N-dealkylation sites (tertiary alicyclic amines) is 1. The van der Waals surface area contributed by atoms with Gasteiger partial charge >= 0.3 is 0 Å². The predicted molar refractivity (Wildman–Crippen MR) is 124 cm³/mol. The lowest BCUT2D eigenvalue weighted by Crippen LogP contribution is -2.41. The van der Waals surface area contributed by atoms with Gasteiger partial charge in [0, 0.05) is 24.7 Å². The molecular formula is C26H31N3O3. The number of aryl methyl sites for hydroxylation is 2. The van der Waals surface area contributed by atoms with Crippen molar-refractivity contribution < 1.29 is 14.3 Å². The number of carbonyl (C=O) groups is 1. The molecule has 0 aromatic heterocycles. The zero-order valence-electron chi connectivity index (χ0n) is 19.0. The summed E-state index contributed by atoms with van der Waals surface area (Å²) in [5, 5.41) is 9.12. The monoisotopic (exact) mass is 433 g/mol. The third-order valence-electron chi connectivity index (χ3n) is 6.12. The first kappa shape index (κ1) is 22.2. The minimum atomic E-state index is 0.0338. The molecule has 0 saturated carbocycles. The molecule has 2 heterocycles. The highest BCUT2D eigenvalue weighted by Crippen LogP contribution is 2.38. The quantitative estimate of drug-likeness (QED) is 0.669. The Balaban J connectivity index is 1.53. The normalized spacial score (nSPS) is 18.1. The van der Waals surface area contributed by atoms with E-state index in [1.165, 1.54) is 0 Å². The van der Waals surface area contributed by atoms with Gasteiger partial charge in [0.1, 0.15) is 0 Å². The molecule has 0 spiro atoms. The summed E-state index contributed by atoms with van der Waals surface area (Å²) in [5.74, 6) is 1.62. The van der Waals surface area contributed by atoms with Crippen LogP contribution in [0.4, 0.5) is 5.69 Å². The average Bonchev–Trinajstić information content (AvgIpc) is 3.08. The number of fused-ring (bicyclic) bond motifs is 1. The van der Waals surface area contributed by atoms with Gasteiger partial charge in [0.15, 0.2) is 11.5 Å². The second-order valence-corrected chi connectivity index (χ2v) is 8.68. The van der Waals surface area contributed by atoms with E-state index in [1.807, 2.05) is 32.0 Å². The van der Waals surface area contributed by atoms with Crippen LogP contribution in [0.15, 0.2) is 36.4 Å². The zero-order valence-corrected chi connectivity index (χ0v) is 19.0. The van der Waals surface area contributed by atoms with Crippen LogP contribution in [0.25, 0.3) is 0 Å². The number of ether oxygens (including phenoxy) is 2. The molecule has 1 atom stereocenters. The maximum absolute atomic E-state index is 13.4. The molecule has 0 aliphatic carbocycles. The summed E-state index contributed by atoms with van der Waals surface area (Å²) < 4.78 is 11.6. The van der Waals surface area contributed by atoms with E-state index in [9.17, 15) is 4.79 Å². The third-order valence-corrected chi connectivity index (χ3v) is 6.12. The van der Waals surface area contributed by atoms with E-state index in [1.54, 1.807) is 4.90 Å². The minimum absolute atomic E-state index is 0.0338. The Hall–Kier alpha value is -3.04. The topological polar surface area (TPSA) is 65.8 Å². The van der Waals surface area contributed by atoms with E-state index in [0.717, 1.165) is 59.7 Å². The van der Waals surface area contributed by atoms with Gasteiger partial charge < -0.3 is 14.4 Å². The predicted octanol–water partition coefficient (Wildman–Crippen LogP) is 4.55. The minimum Gasteiger partial charge on any atom is -0.490 e. The van der Waals surface area contributed by atoms with Crippen LogP contribution in [-0.2, 0) is 4.79 Å². The molecule has 2 aliphatic heterocycles. The second-order valence-electron chi connectivity index (χ2n) is 8.68. The highest BCUT2D eigenvalue weighted by atomic mass is 16.5. The van der Waals surface area contributed by atoms with Crippen molar-refractivity contribution in [3.63, 3.8) is 0 Å². The number of benzene rings is 2. The largest absolute Gasteiger partial charge is 0.490 e. The summed E-state index contributed by atoms with van der Waals surface area (Å²) in [5.41, 5.74) is 4.26. The number of amides is 1. The third kappa shape index (κ3) is 5.05. The van der Waals surface area contributed by atoms with Gasteiger partial charge in [0.05, 0.1) is 32.2 Å². The Morgan fingerprint density at radius 1 is 1.09 bits per heavy atom. The van der Waals surface area contributed by atoms with E-state index in [4.69, 9.17) is 14.7 Å². The molecule has 0 unspecified atom stereocenters. The molecule has 1 amide bonds. The van der Waals surface area contributed by atoms with Crippen LogP contribution < -0.4 is 14.4 Å². The first-order valence-electron chi connectivity index (χ1n) is 11.4. The van der Waals surface area contributed by atoms with Crippen molar-refractivity contribution in [1.82, 2.24) is 4.90 Å². The highest BCUT2D eigenvalue weighted by molar-refractivity contribution is 5.95. The van der Waals surface area contributed by atoms with Gasteiger partial charge in [-0.3, -0.25) is 9.69 Å². The molecule has 6 heteroatoms. The standard InChI is InChI=1S/C26H31N3O3/c1-19-14-20(2)16-22(15-19)29(11-4-9-27)26(30)18-28-10-3-6-23(28)21-7-8-24-25(17-21)32-13-5-12-31-24/h7-8,14-17,23H,3-6,10-13,18H2,1-2H3/t23-/m0/s1. The van der Waals surface area contributed by atoms with E-state index in [2.05, 4.69) is 29.2 Å². The molecule has 1 fully saturated rings. The summed E-state index contributed by atoms with van der Waals surface area (Å²) in [4.78, 5) is 17.4. The summed E-state index contributed by atoms with van der Waals surface area (Å²) in [6.45, 7) is 7.01. The Kier molecular flexibility index (Phi) is 6.96. The van der Waals surface area contributed by atoms with Crippen molar-refractivity contribution >= 4 is 11.6 Å². The lowest BCUT2D eigenvalue weighted by Gasteiger charge is -2.29. The van der Waals surface area contributed by atoms with Crippen molar-refractivity contribution in [2.24, 2.45) is 0 Å². The number of nitriles is 1. The van der Waals surface area contributed by atoms with Crippen LogP contribution in [0, 0.1) is 25.2 Å². The summed E-state index contributed by atoms with van der Waals surface area (Å²) in [7, 11) is 0. The highest BCUT2D eigenvalue weighted by Gasteiger charge is 2.30. The summed E-state index contributed by atoms with van der Waals surface area (Å²) in [6.07, 6.45) is 3.25. The van der Waals surface area contributed by atoms with Crippen molar-refractivity contribution in [2.45, 2.75) is 45.6 Å². The van der Waals surface area contributed by atoms with Gasteiger partial charge in [0.25, 0.3) is 0 Å². The molecular weight excluding hydrogens is 402 g/mol. The molecule has 4 rings (SSSR count). The first-order chi connectivity index (χ1) is 15.5. The summed E-state index contributed by atoms with van der Waals surface area (Å²) in [6, 6.07) is 14.7. The number of hydrogen-bond acceptors (Lipinski definition) is 5. The number of rotatable bonds is 6. The van der Waals surface area contributed by atoms with E-state index < -0.39 is 0 Å². The van der Waals surface area contributed by atoms with Crippen molar-refractivity contribution in [3.05, 3.63) is 53.1 Å². The molecule has 0 bridgehead atoms. The van der Waals surface area contributed by atoms with Crippen LogP contribution in [0.1, 0.15) is 48.4 Å². The van der Waals surface area contributed by atoms with Crippen LogP contribution in [0.3, 0.4) is 0 Å². The molecule has 32 heavy (non-hydrogen) atoms. The molecule has 1 saturated heterocycles. The molecule has 2 aromatic carbocycles. The Labute approximate surface area is 190 Å². The van der Waals surface area contributed by atoms with Gasteiger partial charge in [-0.25, -0.2) is 0 Å². The fourth-order valence-electron chi connectivity index (χ4n) is 4.71. The van der Waals surface area contributed by atoms with Crippen LogP contribution in [0.2, 0.25) is 0 Å². The van der Waals surface area contributed by atoms with E-state index in [-0.39, 0.29) is 11.9 Å². The lowest BCUT2D eigenvalue weighted by atomic mass is 10.0. The lowest BCUT2D eigenvalue weighted by molar-refractivity contribution is -0.120. The maximum atomic E-state index is 13.4. The smallest absolute Gasteiger partial charge is 0.241 e. The molecule has 6 nitrogen and oxygen atoms in total. The maximum Gasteiger partial charge on any atom is 0.241 e. The van der Waals surface area contributed by atoms with Crippen LogP contribution in [-0.4, -0.2) is 43.7 Å². The number of carbonyl (C=O) groups excluding carboxylic acids is 1. The second kappa shape index (κ2) is 10.1. The van der Waals surface area contributed by atoms with Gasteiger partial charge in [-0.15, -0.1) is 0 Å². The molecule has 168 valence electrons. The van der Waals surface area contributed by atoms with Crippen LogP contribution >= 0.6 is 0 Å². The SMILES string of the molecule is Cc1cc(C)cc(N(CCC#N)C(=O)CN2CCC[C@H]2c2ccc3c(c2)OCCCO3)c1. The Bertz CT molecular complexity index is 994. The Morgan fingerprint density at radius 3 is 2.59 bits per heavy atom. The number of anilines is 1. The van der Waals surface area contributed by atoms with Gasteiger partial charge in [-0.05, 0) is 74.2 Å². The van der Waals surface area contributed by atoms with Crippen LogP contribution in [0.5, 0.6) is 11.5 Å². The summed E-state index contributed by atoms with van der Waals surface area (Å²) >= 11 is 0. The average molecular weight is 434 g/mol. The molecule has 2 aromatic rings. The molecule has 2 aliphatic rings. The fraction of sp³-hybridized carbons (Fsp3) is 0.462. The number of hydrogen-bond donors (Lipinski definition) is 0. The molecule has 0 N–H and O–H groups in total.